The first-order valence-electron chi connectivity index (χ1n) is 8.79. The Balaban J connectivity index is 2.13. The zero-order chi connectivity index (χ0) is 19.6. The van der Waals surface area contributed by atoms with Crippen LogP contribution in [-0.2, 0) is 6.54 Å². The third-order valence-electron chi connectivity index (χ3n) is 3.71. The van der Waals surface area contributed by atoms with E-state index in [2.05, 4.69) is 15.6 Å². The number of nitrogens with one attached hydrogen (secondary N) is 2. The predicted molar refractivity (Wildman–Crippen MR) is 106 cm³/mol. The molecule has 0 unspecified atom stereocenters. The summed E-state index contributed by atoms with van der Waals surface area (Å²) in [6.07, 6.45) is 0. The number of aliphatic imine (C=N–C) groups is 1. The Bertz CT molecular complexity index is 781. The number of benzene rings is 2. The van der Waals surface area contributed by atoms with E-state index >= 15 is 0 Å². The SMILES string of the molecule is CCNC(=NCc1ccc(OCC)c(F)c1)Nc1ccc(OC)c(OC)c1. The van der Waals surface area contributed by atoms with E-state index in [0.29, 0.717) is 37.2 Å². The molecule has 2 aromatic carbocycles. The molecule has 0 heterocycles. The summed E-state index contributed by atoms with van der Waals surface area (Å²) >= 11 is 0. The number of anilines is 1. The minimum absolute atomic E-state index is 0.251. The van der Waals surface area contributed by atoms with E-state index in [1.807, 2.05) is 32.0 Å². The molecule has 0 aromatic heterocycles. The summed E-state index contributed by atoms with van der Waals surface area (Å²) in [6, 6.07) is 10.4. The van der Waals surface area contributed by atoms with Gasteiger partial charge in [0, 0.05) is 18.3 Å². The Labute approximate surface area is 159 Å². The van der Waals surface area contributed by atoms with E-state index in [1.165, 1.54) is 6.07 Å². The average molecular weight is 375 g/mol. The van der Waals surface area contributed by atoms with Gasteiger partial charge in [-0.3, -0.25) is 0 Å². The number of rotatable bonds is 8. The molecule has 6 nitrogen and oxygen atoms in total. The van der Waals surface area contributed by atoms with Gasteiger partial charge in [0.15, 0.2) is 29.0 Å². The zero-order valence-electron chi connectivity index (χ0n) is 16.1. The lowest BCUT2D eigenvalue weighted by molar-refractivity contribution is 0.321. The van der Waals surface area contributed by atoms with Crippen molar-refractivity contribution in [2.45, 2.75) is 20.4 Å². The first kappa shape index (κ1) is 20.4. The molecule has 27 heavy (non-hydrogen) atoms. The number of hydrogen-bond donors (Lipinski definition) is 2. The second kappa shape index (κ2) is 10.3. The molecule has 0 fully saturated rings. The fraction of sp³-hybridized carbons (Fsp3) is 0.350. The second-order valence-corrected chi connectivity index (χ2v) is 5.59. The molecule has 0 saturated heterocycles. The summed E-state index contributed by atoms with van der Waals surface area (Å²) in [5.74, 6) is 1.71. The Morgan fingerprint density at radius 3 is 2.37 bits per heavy atom. The van der Waals surface area contributed by atoms with Crippen LogP contribution in [0.5, 0.6) is 17.2 Å². The molecule has 2 N–H and O–H groups in total. The highest BCUT2D eigenvalue weighted by atomic mass is 19.1. The van der Waals surface area contributed by atoms with Crippen LogP contribution in [0.1, 0.15) is 19.4 Å². The van der Waals surface area contributed by atoms with Crippen molar-refractivity contribution < 1.29 is 18.6 Å². The fourth-order valence-corrected chi connectivity index (χ4v) is 2.44. The molecule has 0 bridgehead atoms. The lowest BCUT2D eigenvalue weighted by Gasteiger charge is -2.14. The highest BCUT2D eigenvalue weighted by Crippen LogP contribution is 2.29. The highest BCUT2D eigenvalue weighted by Gasteiger charge is 2.07. The van der Waals surface area contributed by atoms with E-state index in [1.54, 1.807) is 26.4 Å². The summed E-state index contributed by atoms with van der Waals surface area (Å²) in [5.41, 5.74) is 1.55. The van der Waals surface area contributed by atoms with Crippen molar-refractivity contribution in [3.8, 4) is 17.2 Å². The first-order valence-corrected chi connectivity index (χ1v) is 8.79. The summed E-state index contributed by atoms with van der Waals surface area (Å²) in [7, 11) is 3.17. The van der Waals surface area contributed by atoms with Crippen LogP contribution in [0.4, 0.5) is 10.1 Å². The number of halogens is 1. The Kier molecular flexibility index (Phi) is 7.73. The van der Waals surface area contributed by atoms with E-state index in [0.717, 1.165) is 11.3 Å². The molecule has 0 aliphatic rings. The van der Waals surface area contributed by atoms with E-state index in [4.69, 9.17) is 14.2 Å². The van der Waals surface area contributed by atoms with Crippen LogP contribution in [-0.4, -0.2) is 33.3 Å². The predicted octanol–water partition coefficient (Wildman–Crippen LogP) is 3.82. The van der Waals surface area contributed by atoms with Crippen molar-refractivity contribution in [3.63, 3.8) is 0 Å². The lowest BCUT2D eigenvalue weighted by Crippen LogP contribution is -2.30. The van der Waals surface area contributed by atoms with Crippen LogP contribution in [0, 0.1) is 5.82 Å². The lowest BCUT2D eigenvalue weighted by atomic mass is 10.2. The molecule has 7 heteroatoms. The van der Waals surface area contributed by atoms with Gasteiger partial charge in [-0.2, -0.15) is 0 Å². The van der Waals surface area contributed by atoms with Crippen molar-refractivity contribution in [1.29, 1.82) is 0 Å². The quantitative estimate of drug-likeness (QED) is 0.542. The van der Waals surface area contributed by atoms with E-state index < -0.39 is 0 Å². The molecule has 0 amide bonds. The van der Waals surface area contributed by atoms with Gasteiger partial charge in [0.05, 0.1) is 27.4 Å². The largest absolute Gasteiger partial charge is 0.493 e. The van der Waals surface area contributed by atoms with Gasteiger partial charge in [0.1, 0.15) is 0 Å². The number of ether oxygens (including phenoxy) is 3. The normalized spacial score (nSPS) is 11.1. The number of hydrogen-bond acceptors (Lipinski definition) is 4. The Morgan fingerprint density at radius 2 is 1.74 bits per heavy atom. The van der Waals surface area contributed by atoms with Crippen molar-refractivity contribution in [2.75, 3.05) is 32.7 Å². The maximum atomic E-state index is 14.0. The highest BCUT2D eigenvalue weighted by molar-refractivity contribution is 5.93. The van der Waals surface area contributed by atoms with Crippen LogP contribution >= 0.6 is 0 Å². The maximum Gasteiger partial charge on any atom is 0.196 e. The molecule has 0 radical (unpaired) electrons. The van der Waals surface area contributed by atoms with Crippen LogP contribution < -0.4 is 24.8 Å². The number of nitrogens with zero attached hydrogens (tertiary/aromatic N) is 1. The van der Waals surface area contributed by atoms with Gasteiger partial charge >= 0.3 is 0 Å². The monoisotopic (exact) mass is 375 g/mol. The molecule has 2 aromatic rings. The summed E-state index contributed by atoms with van der Waals surface area (Å²) in [5, 5.41) is 6.37. The molecular formula is C20H26FN3O3. The standard InChI is InChI=1S/C20H26FN3O3/c1-5-22-20(24-15-8-10-18(25-3)19(12-15)26-4)23-13-14-7-9-17(27-6-2)16(21)11-14/h7-12H,5-6,13H2,1-4H3,(H2,22,23,24). The van der Waals surface area contributed by atoms with Crippen molar-refractivity contribution >= 4 is 11.6 Å². The molecule has 0 saturated carbocycles. The molecule has 146 valence electrons. The van der Waals surface area contributed by atoms with E-state index in [-0.39, 0.29) is 11.6 Å². The van der Waals surface area contributed by atoms with Gasteiger partial charge < -0.3 is 24.8 Å². The molecule has 0 atom stereocenters. The zero-order valence-corrected chi connectivity index (χ0v) is 16.1. The fourth-order valence-electron chi connectivity index (χ4n) is 2.44. The van der Waals surface area contributed by atoms with Gasteiger partial charge in [-0.25, -0.2) is 9.38 Å². The minimum Gasteiger partial charge on any atom is -0.493 e. The summed E-state index contributed by atoms with van der Waals surface area (Å²) in [4.78, 5) is 4.51. The first-order chi connectivity index (χ1) is 13.1. The molecule has 0 spiro atoms. The Hall–Kier alpha value is -2.96. The molecular weight excluding hydrogens is 349 g/mol. The molecule has 2 rings (SSSR count). The number of methoxy groups -OCH3 is 2. The van der Waals surface area contributed by atoms with Crippen LogP contribution in [0.15, 0.2) is 41.4 Å². The van der Waals surface area contributed by atoms with Gasteiger partial charge in [-0.1, -0.05) is 6.07 Å². The van der Waals surface area contributed by atoms with Gasteiger partial charge in [-0.15, -0.1) is 0 Å². The third kappa shape index (κ3) is 5.77. The van der Waals surface area contributed by atoms with Crippen LogP contribution in [0.2, 0.25) is 0 Å². The second-order valence-electron chi connectivity index (χ2n) is 5.59. The maximum absolute atomic E-state index is 14.0. The topological polar surface area (TPSA) is 64.1 Å². The van der Waals surface area contributed by atoms with Gasteiger partial charge in [0.25, 0.3) is 0 Å². The van der Waals surface area contributed by atoms with Crippen LogP contribution in [0.3, 0.4) is 0 Å². The third-order valence-corrected chi connectivity index (χ3v) is 3.71. The van der Waals surface area contributed by atoms with Crippen molar-refractivity contribution in [3.05, 3.63) is 47.8 Å². The van der Waals surface area contributed by atoms with Crippen molar-refractivity contribution in [2.24, 2.45) is 4.99 Å². The van der Waals surface area contributed by atoms with Crippen molar-refractivity contribution in [1.82, 2.24) is 5.32 Å². The van der Waals surface area contributed by atoms with Gasteiger partial charge in [0.2, 0.25) is 0 Å². The summed E-state index contributed by atoms with van der Waals surface area (Å²) in [6.45, 7) is 5.24. The molecule has 0 aliphatic carbocycles. The minimum atomic E-state index is -0.387. The average Bonchev–Trinajstić information content (AvgIpc) is 2.68. The smallest absolute Gasteiger partial charge is 0.196 e. The van der Waals surface area contributed by atoms with E-state index in [9.17, 15) is 4.39 Å². The Morgan fingerprint density at radius 1 is 1.00 bits per heavy atom. The molecule has 0 aliphatic heterocycles. The number of guanidine groups is 1. The summed E-state index contributed by atoms with van der Waals surface area (Å²) < 4.78 is 29.8. The van der Waals surface area contributed by atoms with Crippen LogP contribution in [0.25, 0.3) is 0 Å². The van der Waals surface area contributed by atoms with Gasteiger partial charge in [-0.05, 0) is 43.7 Å².